The number of benzene rings is 1. The normalized spacial score (nSPS) is 14.6. The Morgan fingerprint density at radius 1 is 1.08 bits per heavy atom. The Kier molecular flexibility index (Phi) is 4.56. The number of rotatable bonds is 3. The number of amides is 1. The quantitative estimate of drug-likeness (QED) is 0.858. The fourth-order valence-electron chi connectivity index (χ4n) is 2.58. The molecule has 1 saturated heterocycles. The van der Waals surface area contributed by atoms with E-state index in [9.17, 15) is 22.4 Å². The average Bonchev–Trinajstić information content (AvgIpc) is 3.10. The molecule has 0 saturated carbocycles. The lowest BCUT2D eigenvalue weighted by Crippen LogP contribution is -2.21. The molecule has 1 fully saturated rings. The van der Waals surface area contributed by atoms with Crippen LogP contribution in [0.25, 0.3) is 0 Å². The van der Waals surface area contributed by atoms with Crippen LogP contribution < -0.4 is 10.2 Å². The molecule has 1 aromatic carbocycles. The third-order valence-corrected chi connectivity index (χ3v) is 3.84. The Morgan fingerprint density at radius 2 is 1.80 bits per heavy atom. The molecule has 1 aromatic heterocycles. The van der Waals surface area contributed by atoms with Crippen molar-refractivity contribution >= 4 is 17.4 Å². The molecule has 2 aromatic rings. The molecule has 0 unspecified atom stereocenters. The van der Waals surface area contributed by atoms with Crippen LogP contribution in [0.4, 0.5) is 29.1 Å². The maximum Gasteiger partial charge on any atom is 0.419 e. The molecular formula is C16H14F4N4O. The second kappa shape index (κ2) is 6.66. The first-order valence-electron chi connectivity index (χ1n) is 7.61. The number of carbonyl (C=O) groups excluding carboxylic acids is 1. The lowest BCUT2D eigenvalue weighted by atomic mass is 10.1. The topological polar surface area (TPSA) is 58.1 Å². The number of carbonyl (C=O) groups is 1. The highest BCUT2D eigenvalue weighted by molar-refractivity contribution is 6.02. The summed E-state index contributed by atoms with van der Waals surface area (Å²) < 4.78 is 51.4. The third-order valence-electron chi connectivity index (χ3n) is 3.84. The van der Waals surface area contributed by atoms with E-state index >= 15 is 0 Å². The molecule has 0 bridgehead atoms. The predicted octanol–water partition coefficient (Wildman–Crippen LogP) is 3.49. The molecule has 9 heteroatoms. The highest BCUT2D eigenvalue weighted by atomic mass is 19.4. The van der Waals surface area contributed by atoms with E-state index in [1.807, 2.05) is 4.90 Å². The van der Waals surface area contributed by atoms with Crippen molar-refractivity contribution in [3.8, 4) is 0 Å². The molecule has 1 aliphatic heterocycles. The van der Waals surface area contributed by atoms with Crippen molar-refractivity contribution < 1.29 is 22.4 Å². The van der Waals surface area contributed by atoms with Crippen molar-refractivity contribution in [2.75, 3.05) is 23.3 Å². The molecule has 0 atom stereocenters. The molecule has 1 aliphatic rings. The maximum absolute atomic E-state index is 13.3. The summed E-state index contributed by atoms with van der Waals surface area (Å²) in [6, 6.07) is 5.33. The van der Waals surface area contributed by atoms with Gasteiger partial charge in [0.05, 0.1) is 5.56 Å². The van der Waals surface area contributed by atoms with Crippen molar-refractivity contribution in [2.45, 2.75) is 19.0 Å². The van der Waals surface area contributed by atoms with Gasteiger partial charge in [-0.05, 0) is 43.2 Å². The summed E-state index contributed by atoms with van der Waals surface area (Å²) in [7, 11) is 0. The van der Waals surface area contributed by atoms with Crippen molar-refractivity contribution in [2.24, 2.45) is 0 Å². The zero-order chi connectivity index (χ0) is 18.0. The van der Waals surface area contributed by atoms with Crippen LogP contribution in [-0.2, 0) is 6.18 Å². The van der Waals surface area contributed by atoms with Gasteiger partial charge in [0.2, 0.25) is 0 Å². The smallest absolute Gasteiger partial charge is 0.355 e. The van der Waals surface area contributed by atoms with Crippen molar-refractivity contribution in [1.82, 2.24) is 10.2 Å². The Balaban J connectivity index is 1.74. The van der Waals surface area contributed by atoms with E-state index in [1.54, 1.807) is 6.07 Å². The summed E-state index contributed by atoms with van der Waals surface area (Å²) >= 11 is 0. The second-order valence-electron chi connectivity index (χ2n) is 5.62. The van der Waals surface area contributed by atoms with Crippen molar-refractivity contribution in [3.05, 3.63) is 47.4 Å². The number of hydrogen-bond acceptors (Lipinski definition) is 4. The van der Waals surface area contributed by atoms with Gasteiger partial charge in [-0.2, -0.15) is 13.2 Å². The number of anilines is 2. The van der Waals surface area contributed by atoms with Gasteiger partial charge >= 0.3 is 6.18 Å². The molecule has 3 rings (SSSR count). The van der Waals surface area contributed by atoms with E-state index in [-0.39, 0.29) is 11.4 Å². The molecule has 2 heterocycles. The highest BCUT2D eigenvalue weighted by Crippen LogP contribution is 2.33. The Morgan fingerprint density at radius 3 is 2.40 bits per heavy atom. The molecule has 25 heavy (non-hydrogen) atoms. The Bertz CT molecular complexity index is 771. The van der Waals surface area contributed by atoms with Gasteiger partial charge in [-0.25, -0.2) is 4.39 Å². The molecular weight excluding hydrogens is 340 g/mol. The number of halogens is 4. The molecule has 132 valence electrons. The number of nitrogens with zero attached hydrogens (tertiary/aromatic N) is 3. The summed E-state index contributed by atoms with van der Waals surface area (Å²) in [4.78, 5) is 14.1. The summed E-state index contributed by atoms with van der Waals surface area (Å²) in [5, 5.41) is 10.0. The first-order chi connectivity index (χ1) is 11.8. The van der Waals surface area contributed by atoms with Crippen LogP contribution in [0.3, 0.4) is 0 Å². The van der Waals surface area contributed by atoms with Crippen LogP contribution in [0.15, 0.2) is 30.3 Å². The van der Waals surface area contributed by atoms with Gasteiger partial charge in [-0.15, -0.1) is 10.2 Å². The fraction of sp³-hybridized carbons (Fsp3) is 0.312. The number of hydrogen-bond donors (Lipinski definition) is 1. The second-order valence-corrected chi connectivity index (χ2v) is 5.62. The van der Waals surface area contributed by atoms with Crippen molar-refractivity contribution in [3.63, 3.8) is 0 Å². The lowest BCUT2D eigenvalue weighted by Gasteiger charge is -2.15. The SMILES string of the molecule is O=C(Nc1ccc(F)c(C(F)(F)F)c1)c1ccc(N2CCCC2)nn1. The monoisotopic (exact) mass is 354 g/mol. The zero-order valence-corrected chi connectivity index (χ0v) is 13.0. The van der Waals surface area contributed by atoms with Crippen LogP contribution in [0, 0.1) is 5.82 Å². The van der Waals surface area contributed by atoms with Gasteiger partial charge in [0, 0.05) is 18.8 Å². The largest absolute Gasteiger partial charge is 0.419 e. The summed E-state index contributed by atoms with van der Waals surface area (Å²) in [6.07, 6.45) is -2.71. The van der Waals surface area contributed by atoms with Gasteiger partial charge in [-0.3, -0.25) is 4.79 Å². The number of alkyl halides is 3. The van der Waals surface area contributed by atoms with Crippen LogP contribution >= 0.6 is 0 Å². The summed E-state index contributed by atoms with van der Waals surface area (Å²) in [6.45, 7) is 1.74. The van der Waals surface area contributed by atoms with Gasteiger partial charge in [0.1, 0.15) is 5.82 Å². The minimum absolute atomic E-state index is 0.0409. The van der Waals surface area contributed by atoms with Crippen LogP contribution in [0.5, 0.6) is 0 Å². The van der Waals surface area contributed by atoms with E-state index in [1.165, 1.54) is 6.07 Å². The average molecular weight is 354 g/mol. The van der Waals surface area contributed by atoms with E-state index in [4.69, 9.17) is 0 Å². The van der Waals surface area contributed by atoms with E-state index in [2.05, 4.69) is 15.5 Å². The molecule has 0 spiro atoms. The predicted molar refractivity (Wildman–Crippen MR) is 82.8 cm³/mol. The van der Waals surface area contributed by atoms with Crippen LogP contribution in [0.2, 0.25) is 0 Å². The standard InChI is InChI=1S/C16H14F4N4O/c17-12-4-3-10(9-11(12)16(18,19)20)21-15(25)13-5-6-14(23-22-13)24-7-1-2-8-24/h3-6,9H,1-2,7-8H2,(H,21,25). The maximum atomic E-state index is 13.3. The minimum atomic E-state index is -4.85. The minimum Gasteiger partial charge on any atom is -0.355 e. The third kappa shape index (κ3) is 3.86. The van der Waals surface area contributed by atoms with Crippen LogP contribution in [0.1, 0.15) is 28.9 Å². The first kappa shape index (κ1) is 17.1. The molecule has 1 amide bonds. The van der Waals surface area contributed by atoms with E-state index < -0.39 is 23.5 Å². The van der Waals surface area contributed by atoms with Crippen LogP contribution in [-0.4, -0.2) is 29.2 Å². The van der Waals surface area contributed by atoms with Gasteiger partial charge in [0.15, 0.2) is 11.5 Å². The molecule has 1 N–H and O–H groups in total. The summed E-state index contributed by atoms with van der Waals surface area (Å²) in [5.74, 6) is -1.48. The summed E-state index contributed by atoms with van der Waals surface area (Å²) in [5.41, 5.74) is -1.66. The van der Waals surface area contributed by atoms with Gasteiger partial charge < -0.3 is 10.2 Å². The van der Waals surface area contributed by atoms with E-state index in [0.717, 1.165) is 32.0 Å². The highest BCUT2D eigenvalue weighted by Gasteiger charge is 2.34. The Hall–Kier alpha value is -2.71. The molecule has 0 aliphatic carbocycles. The fourth-order valence-corrected chi connectivity index (χ4v) is 2.58. The number of aromatic nitrogens is 2. The van der Waals surface area contributed by atoms with E-state index in [0.29, 0.717) is 18.0 Å². The lowest BCUT2D eigenvalue weighted by molar-refractivity contribution is -0.139. The zero-order valence-electron chi connectivity index (χ0n) is 13.0. The first-order valence-corrected chi connectivity index (χ1v) is 7.61. The van der Waals surface area contributed by atoms with Gasteiger partial charge in [0.25, 0.3) is 5.91 Å². The Labute approximate surface area is 140 Å². The number of nitrogens with one attached hydrogen (secondary N) is 1. The molecule has 5 nitrogen and oxygen atoms in total. The van der Waals surface area contributed by atoms with Gasteiger partial charge in [-0.1, -0.05) is 0 Å². The molecule has 0 radical (unpaired) electrons. The van der Waals surface area contributed by atoms with Crippen molar-refractivity contribution in [1.29, 1.82) is 0 Å².